The Balaban J connectivity index is 2.33. The molecule has 110 valence electrons. The molecule has 0 radical (unpaired) electrons. The minimum absolute atomic E-state index is 0.0357. The molecule has 0 aromatic heterocycles. The Labute approximate surface area is 128 Å². The van der Waals surface area contributed by atoms with Crippen molar-refractivity contribution in [2.24, 2.45) is 0 Å². The Kier molecular flexibility index (Phi) is 3.83. The average molecular weight is 293 g/mol. The number of hydrogen-bond acceptors (Lipinski definition) is 3. The van der Waals surface area contributed by atoms with Crippen molar-refractivity contribution in [1.29, 1.82) is 0 Å². The lowest BCUT2D eigenvalue weighted by atomic mass is 9.90. The first-order chi connectivity index (χ1) is 10.7. The lowest BCUT2D eigenvalue weighted by Crippen LogP contribution is -2.00. The standard InChI is InChI=1S/C18H15NO3/c20-12-14-8-5-7-13-6-1-2-9-15(13)18(14)16-10-3-4-11-17(16)19(21)22/h1-4,6,9-12H,5,7-8H2. The zero-order chi connectivity index (χ0) is 15.5. The van der Waals surface area contributed by atoms with E-state index in [1.54, 1.807) is 18.2 Å². The van der Waals surface area contributed by atoms with Crippen LogP contribution in [0.25, 0.3) is 5.57 Å². The third kappa shape index (κ3) is 2.44. The van der Waals surface area contributed by atoms with E-state index in [0.717, 1.165) is 30.3 Å². The van der Waals surface area contributed by atoms with Crippen LogP contribution in [0.5, 0.6) is 0 Å². The number of carbonyl (C=O) groups is 1. The van der Waals surface area contributed by atoms with Gasteiger partial charge >= 0.3 is 0 Å². The molecular formula is C18H15NO3. The number of fused-ring (bicyclic) bond motifs is 1. The van der Waals surface area contributed by atoms with Gasteiger partial charge in [0.25, 0.3) is 5.69 Å². The molecule has 0 aliphatic heterocycles. The predicted octanol–water partition coefficient (Wildman–Crippen LogP) is 3.93. The van der Waals surface area contributed by atoms with Crippen molar-refractivity contribution in [3.63, 3.8) is 0 Å². The van der Waals surface area contributed by atoms with Gasteiger partial charge in [0.1, 0.15) is 6.29 Å². The molecule has 0 unspecified atom stereocenters. The zero-order valence-electron chi connectivity index (χ0n) is 12.0. The number of rotatable bonds is 3. The number of nitrogens with zero attached hydrogens (tertiary/aromatic N) is 1. The summed E-state index contributed by atoms with van der Waals surface area (Å²) in [6.07, 6.45) is 3.22. The molecule has 0 saturated heterocycles. The SMILES string of the molecule is O=CC1=C(c2ccccc2[N+](=O)[O-])c2ccccc2CCC1. The maximum atomic E-state index is 11.6. The summed E-state index contributed by atoms with van der Waals surface area (Å²) in [5.74, 6) is 0. The summed E-state index contributed by atoms with van der Waals surface area (Å²) in [4.78, 5) is 22.5. The second kappa shape index (κ2) is 5.93. The van der Waals surface area contributed by atoms with Gasteiger partial charge in [0.15, 0.2) is 0 Å². The molecule has 1 aliphatic carbocycles. The van der Waals surface area contributed by atoms with Crippen molar-refractivity contribution in [2.45, 2.75) is 19.3 Å². The number of nitro groups is 1. The molecule has 0 saturated carbocycles. The van der Waals surface area contributed by atoms with E-state index in [2.05, 4.69) is 0 Å². The first-order valence-electron chi connectivity index (χ1n) is 7.22. The fourth-order valence-corrected chi connectivity index (χ4v) is 3.03. The second-order valence-electron chi connectivity index (χ2n) is 5.30. The number of para-hydroxylation sites is 1. The first-order valence-corrected chi connectivity index (χ1v) is 7.22. The van der Waals surface area contributed by atoms with Gasteiger partial charge in [-0.1, -0.05) is 36.4 Å². The van der Waals surface area contributed by atoms with Crippen molar-refractivity contribution in [1.82, 2.24) is 0 Å². The molecule has 4 heteroatoms. The molecule has 3 rings (SSSR count). The van der Waals surface area contributed by atoms with Crippen molar-refractivity contribution in [3.05, 3.63) is 80.9 Å². The third-order valence-electron chi connectivity index (χ3n) is 4.01. The molecule has 0 fully saturated rings. The van der Waals surface area contributed by atoms with Crippen LogP contribution in [0.2, 0.25) is 0 Å². The molecule has 0 bridgehead atoms. The van der Waals surface area contributed by atoms with Crippen LogP contribution in [0.3, 0.4) is 0 Å². The van der Waals surface area contributed by atoms with Crippen LogP contribution >= 0.6 is 0 Å². The first kappa shape index (κ1) is 14.2. The van der Waals surface area contributed by atoms with E-state index in [1.165, 1.54) is 6.07 Å². The van der Waals surface area contributed by atoms with Gasteiger partial charge in [-0.25, -0.2) is 0 Å². The van der Waals surface area contributed by atoms with Crippen LogP contribution < -0.4 is 0 Å². The number of hydrogen-bond donors (Lipinski definition) is 0. The van der Waals surface area contributed by atoms with E-state index in [0.29, 0.717) is 23.1 Å². The van der Waals surface area contributed by atoms with E-state index in [-0.39, 0.29) is 5.69 Å². The highest BCUT2D eigenvalue weighted by molar-refractivity contribution is 5.97. The highest BCUT2D eigenvalue weighted by Gasteiger charge is 2.24. The molecule has 0 atom stereocenters. The summed E-state index contributed by atoms with van der Waals surface area (Å²) in [7, 11) is 0. The average Bonchev–Trinajstić information content (AvgIpc) is 2.73. The Morgan fingerprint density at radius 1 is 0.955 bits per heavy atom. The fraction of sp³-hybridized carbons (Fsp3) is 0.167. The highest BCUT2D eigenvalue weighted by atomic mass is 16.6. The summed E-state index contributed by atoms with van der Waals surface area (Å²) in [5.41, 5.74) is 3.95. The maximum absolute atomic E-state index is 11.6. The number of benzene rings is 2. The Hall–Kier alpha value is -2.75. The van der Waals surface area contributed by atoms with Gasteiger partial charge in [-0.05, 0) is 36.5 Å². The van der Waals surface area contributed by atoms with Crippen LogP contribution in [0, 0.1) is 10.1 Å². The molecule has 4 nitrogen and oxygen atoms in total. The highest BCUT2D eigenvalue weighted by Crippen LogP contribution is 2.38. The van der Waals surface area contributed by atoms with Gasteiger partial charge in [0, 0.05) is 17.2 Å². The summed E-state index contributed by atoms with van der Waals surface area (Å²) in [6.45, 7) is 0. The van der Waals surface area contributed by atoms with Gasteiger partial charge in [0.05, 0.1) is 10.5 Å². The summed E-state index contributed by atoms with van der Waals surface area (Å²) < 4.78 is 0. The Morgan fingerprint density at radius 3 is 2.36 bits per heavy atom. The second-order valence-corrected chi connectivity index (χ2v) is 5.30. The van der Waals surface area contributed by atoms with Gasteiger partial charge < -0.3 is 0 Å². The van der Waals surface area contributed by atoms with Gasteiger partial charge in [0.2, 0.25) is 0 Å². The molecule has 2 aromatic rings. The van der Waals surface area contributed by atoms with E-state index in [1.807, 2.05) is 24.3 Å². The quantitative estimate of drug-likeness (QED) is 0.489. The van der Waals surface area contributed by atoms with Crippen LogP contribution in [0.1, 0.15) is 29.5 Å². The number of nitro benzene ring substituents is 1. The molecule has 0 spiro atoms. The number of carbonyl (C=O) groups excluding carboxylic acids is 1. The summed E-state index contributed by atoms with van der Waals surface area (Å²) in [5, 5.41) is 11.4. The van der Waals surface area contributed by atoms with Crippen molar-refractivity contribution >= 4 is 17.5 Å². The number of aldehydes is 1. The topological polar surface area (TPSA) is 60.2 Å². The van der Waals surface area contributed by atoms with E-state index in [9.17, 15) is 14.9 Å². The summed E-state index contributed by atoms with van der Waals surface area (Å²) in [6, 6.07) is 14.4. The lowest BCUT2D eigenvalue weighted by Gasteiger charge is -2.13. The summed E-state index contributed by atoms with van der Waals surface area (Å²) >= 11 is 0. The maximum Gasteiger partial charge on any atom is 0.277 e. The van der Waals surface area contributed by atoms with Gasteiger partial charge in [-0.2, -0.15) is 0 Å². The third-order valence-corrected chi connectivity index (χ3v) is 4.01. The zero-order valence-corrected chi connectivity index (χ0v) is 12.0. The predicted molar refractivity (Wildman–Crippen MR) is 84.6 cm³/mol. The minimum Gasteiger partial charge on any atom is -0.298 e. The largest absolute Gasteiger partial charge is 0.298 e. The number of aryl methyl sites for hydroxylation is 1. The molecule has 22 heavy (non-hydrogen) atoms. The van der Waals surface area contributed by atoms with Gasteiger partial charge in [-0.15, -0.1) is 0 Å². The van der Waals surface area contributed by atoms with Crippen molar-refractivity contribution < 1.29 is 9.72 Å². The van der Waals surface area contributed by atoms with Crippen LogP contribution in [-0.4, -0.2) is 11.2 Å². The van der Waals surface area contributed by atoms with Gasteiger partial charge in [-0.3, -0.25) is 14.9 Å². The van der Waals surface area contributed by atoms with Crippen molar-refractivity contribution in [2.75, 3.05) is 0 Å². The molecule has 0 heterocycles. The van der Waals surface area contributed by atoms with E-state index < -0.39 is 4.92 Å². The van der Waals surface area contributed by atoms with Crippen molar-refractivity contribution in [3.8, 4) is 0 Å². The van der Waals surface area contributed by atoms with E-state index in [4.69, 9.17) is 0 Å². The molecule has 2 aromatic carbocycles. The Morgan fingerprint density at radius 2 is 1.64 bits per heavy atom. The van der Waals surface area contributed by atoms with E-state index >= 15 is 0 Å². The molecule has 0 amide bonds. The molecular weight excluding hydrogens is 278 g/mol. The van der Waals surface area contributed by atoms with Crippen LogP contribution in [-0.2, 0) is 11.2 Å². The lowest BCUT2D eigenvalue weighted by molar-refractivity contribution is -0.385. The fourth-order valence-electron chi connectivity index (χ4n) is 3.03. The van der Waals surface area contributed by atoms with Crippen LogP contribution in [0.4, 0.5) is 5.69 Å². The number of allylic oxidation sites excluding steroid dienone is 1. The Bertz CT molecular complexity index is 777. The van der Waals surface area contributed by atoms with Crippen LogP contribution in [0.15, 0.2) is 54.1 Å². The smallest absolute Gasteiger partial charge is 0.277 e. The normalized spacial score (nSPS) is 14.2. The monoisotopic (exact) mass is 293 g/mol. The minimum atomic E-state index is -0.391. The molecule has 0 N–H and O–H groups in total. The molecule has 1 aliphatic rings.